The molecule has 128 valence electrons. The van der Waals surface area contributed by atoms with Gasteiger partial charge >= 0.3 is 0 Å². The summed E-state index contributed by atoms with van der Waals surface area (Å²) >= 11 is 9.41. The molecule has 1 aromatic carbocycles. The summed E-state index contributed by atoms with van der Waals surface area (Å²) in [4.78, 5) is 17.5. The number of ether oxygens (including phenoxy) is 1. The number of carbonyl (C=O) groups is 1. The minimum Gasteiger partial charge on any atom is -0.497 e. The molecular formula is C19H16ClNO2S2. The van der Waals surface area contributed by atoms with Gasteiger partial charge in [-0.25, -0.2) is 0 Å². The molecule has 0 radical (unpaired) electrons. The van der Waals surface area contributed by atoms with Gasteiger partial charge in [-0.2, -0.15) is 0 Å². The van der Waals surface area contributed by atoms with Gasteiger partial charge in [-0.05, 0) is 59.8 Å². The normalized spacial score (nSPS) is 16.6. The molecule has 0 saturated heterocycles. The minimum atomic E-state index is -0.0594. The van der Waals surface area contributed by atoms with Crippen LogP contribution in [0.2, 0.25) is 4.34 Å². The van der Waals surface area contributed by atoms with E-state index in [0.29, 0.717) is 12.1 Å². The summed E-state index contributed by atoms with van der Waals surface area (Å²) in [5.41, 5.74) is 2.01. The van der Waals surface area contributed by atoms with Crippen molar-refractivity contribution in [2.75, 3.05) is 13.7 Å². The first-order valence-electron chi connectivity index (χ1n) is 7.94. The lowest BCUT2D eigenvalue weighted by Gasteiger charge is -2.35. The van der Waals surface area contributed by atoms with Crippen LogP contribution in [0, 0.1) is 0 Å². The van der Waals surface area contributed by atoms with Gasteiger partial charge in [-0.15, -0.1) is 22.7 Å². The fraction of sp³-hybridized carbons (Fsp3) is 0.211. The van der Waals surface area contributed by atoms with Crippen LogP contribution in [0.15, 0.2) is 47.8 Å². The second kappa shape index (κ2) is 6.83. The number of benzene rings is 1. The number of thiophene rings is 2. The molecule has 2 aromatic heterocycles. The predicted molar refractivity (Wildman–Crippen MR) is 103 cm³/mol. The lowest BCUT2D eigenvalue weighted by Crippen LogP contribution is -2.39. The minimum absolute atomic E-state index is 0.0382. The average molecular weight is 390 g/mol. The van der Waals surface area contributed by atoms with E-state index in [9.17, 15) is 4.79 Å². The predicted octanol–water partition coefficient (Wildman–Crippen LogP) is 5.26. The average Bonchev–Trinajstić information content (AvgIpc) is 3.29. The molecule has 1 amide bonds. The zero-order chi connectivity index (χ0) is 17.4. The fourth-order valence-electron chi connectivity index (χ4n) is 3.18. The number of methoxy groups -OCH3 is 1. The Balaban J connectivity index is 1.72. The molecule has 0 fully saturated rings. The van der Waals surface area contributed by atoms with Crippen LogP contribution in [0.25, 0.3) is 0 Å². The van der Waals surface area contributed by atoms with Crippen LogP contribution >= 0.6 is 34.3 Å². The molecule has 1 atom stereocenters. The van der Waals surface area contributed by atoms with Crippen molar-refractivity contribution in [2.24, 2.45) is 0 Å². The summed E-state index contributed by atoms with van der Waals surface area (Å²) in [6.45, 7) is 0.703. The molecule has 3 nitrogen and oxygen atoms in total. The van der Waals surface area contributed by atoms with E-state index in [4.69, 9.17) is 16.3 Å². The summed E-state index contributed by atoms with van der Waals surface area (Å²) < 4.78 is 5.93. The van der Waals surface area contributed by atoms with Gasteiger partial charge in [-0.3, -0.25) is 4.79 Å². The van der Waals surface area contributed by atoms with Gasteiger partial charge in [0.2, 0.25) is 0 Å². The maximum atomic E-state index is 13.2. The van der Waals surface area contributed by atoms with E-state index < -0.39 is 0 Å². The topological polar surface area (TPSA) is 29.5 Å². The van der Waals surface area contributed by atoms with Crippen molar-refractivity contribution >= 4 is 40.2 Å². The van der Waals surface area contributed by atoms with E-state index in [0.717, 1.165) is 21.4 Å². The molecule has 0 spiro atoms. The molecule has 4 rings (SSSR count). The van der Waals surface area contributed by atoms with Crippen molar-refractivity contribution in [1.29, 1.82) is 0 Å². The van der Waals surface area contributed by atoms with Gasteiger partial charge in [0.05, 0.1) is 11.4 Å². The standard InChI is InChI=1S/C19H16ClNO2S2/c1-23-14-4-2-13(3-5-14)19(22)21-10-8-12-9-11-24-18(12)17(21)15-6-7-16(20)25-15/h2-7,9,11,17H,8,10H2,1H3. The van der Waals surface area contributed by atoms with E-state index in [2.05, 4.69) is 11.4 Å². The number of carbonyl (C=O) groups excluding carboxylic acids is 1. The van der Waals surface area contributed by atoms with Crippen LogP contribution in [0.3, 0.4) is 0 Å². The van der Waals surface area contributed by atoms with Crippen molar-refractivity contribution in [3.63, 3.8) is 0 Å². The van der Waals surface area contributed by atoms with Crippen molar-refractivity contribution < 1.29 is 9.53 Å². The number of hydrogen-bond acceptors (Lipinski definition) is 4. The van der Waals surface area contributed by atoms with Crippen LogP contribution < -0.4 is 4.74 Å². The van der Waals surface area contributed by atoms with Gasteiger partial charge in [0.15, 0.2) is 0 Å². The third-order valence-corrected chi connectivity index (χ3v) is 6.72. The number of rotatable bonds is 3. The first-order valence-corrected chi connectivity index (χ1v) is 10.0. The van der Waals surface area contributed by atoms with Crippen molar-refractivity contribution in [3.05, 3.63) is 73.1 Å². The first kappa shape index (κ1) is 16.6. The van der Waals surface area contributed by atoms with Crippen LogP contribution in [-0.2, 0) is 6.42 Å². The number of amides is 1. The summed E-state index contributed by atoms with van der Waals surface area (Å²) in [5, 5.41) is 2.11. The van der Waals surface area contributed by atoms with Gasteiger partial charge < -0.3 is 9.64 Å². The van der Waals surface area contributed by atoms with Gasteiger partial charge in [0.1, 0.15) is 11.8 Å². The highest BCUT2D eigenvalue weighted by Crippen LogP contribution is 2.42. The third kappa shape index (κ3) is 3.08. The SMILES string of the molecule is COc1ccc(C(=O)N2CCc3ccsc3C2c2ccc(Cl)s2)cc1. The van der Waals surface area contributed by atoms with E-state index >= 15 is 0 Å². The lowest BCUT2D eigenvalue weighted by molar-refractivity contribution is 0.0700. The molecule has 1 aliphatic rings. The number of nitrogens with zero attached hydrogens (tertiary/aromatic N) is 1. The van der Waals surface area contributed by atoms with Crippen LogP contribution in [-0.4, -0.2) is 24.5 Å². The molecule has 3 aromatic rings. The zero-order valence-corrected chi connectivity index (χ0v) is 16.0. The molecule has 0 N–H and O–H groups in total. The van der Waals surface area contributed by atoms with Gasteiger partial charge in [0.25, 0.3) is 5.91 Å². The maximum absolute atomic E-state index is 13.2. The van der Waals surface area contributed by atoms with Crippen LogP contribution in [0.5, 0.6) is 5.75 Å². The molecule has 0 aliphatic carbocycles. The number of hydrogen-bond donors (Lipinski definition) is 0. The zero-order valence-electron chi connectivity index (χ0n) is 13.6. The van der Waals surface area contributed by atoms with E-state index in [1.54, 1.807) is 29.8 Å². The Morgan fingerprint density at radius 3 is 2.68 bits per heavy atom. The largest absolute Gasteiger partial charge is 0.497 e. The first-order chi connectivity index (χ1) is 12.2. The molecule has 0 saturated carbocycles. The third-order valence-electron chi connectivity index (χ3n) is 4.42. The fourth-order valence-corrected chi connectivity index (χ4v) is 5.52. The van der Waals surface area contributed by atoms with E-state index in [1.165, 1.54) is 10.4 Å². The quantitative estimate of drug-likeness (QED) is 0.611. The smallest absolute Gasteiger partial charge is 0.254 e. The number of fused-ring (bicyclic) bond motifs is 1. The highest BCUT2D eigenvalue weighted by molar-refractivity contribution is 7.16. The molecule has 1 aliphatic heterocycles. The molecule has 1 unspecified atom stereocenters. The van der Waals surface area contributed by atoms with E-state index in [-0.39, 0.29) is 11.9 Å². The van der Waals surface area contributed by atoms with Gasteiger partial charge in [0, 0.05) is 21.9 Å². The molecular weight excluding hydrogens is 374 g/mol. The lowest BCUT2D eigenvalue weighted by atomic mass is 9.99. The van der Waals surface area contributed by atoms with Crippen molar-refractivity contribution in [1.82, 2.24) is 4.90 Å². The van der Waals surface area contributed by atoms with Gasteiger partial charge in [-0.1, -0.05) is 11.6 Å². The summed E-state index contributed by atoms with van der Waals surface area (Å²) in [5.74, 6) is 0.786. The Bertz CT molecular complexity index is 900. The Hall–Kier alpha value is -1.82. The molecule has 3 heterocycles. The highest BCUT2D eigenvalue weighted by Gasteiger charge is 2.34. The molecule has 25 heavy (non-hydrogen) atoms. The molecule has 6 heteroatoms. The Kier molecular flexibility index (Phi) is 4.54. The van der Waals surface area contributed by atoms with Crippen LogP contribution in [0.1, 0.15) is 31.7 Å². The second-order valence-electron chi connectivity index (χ2n) is 5.83. The van der Waals surface area contributed by atoms with Crippen molar-refractivity contribution in [3.8, 4) is 5.75 Å². The Labute approximate surface area is 159 Å². The summed E-state index contributed by atoms with van der Waals surface area (Å²) in [6, 6.07) is 13.3. The Morgan fingerprint density at radius 1 is 1.20 bits per heavy atom. The molecule has 0 bridgehead atoms. The highest BCUT2D eigenvalue weighted by atomic mass is 35.5. The van der Waals surface area contributed by atoms with Crippen molar-refractivity contribution in [2.45, 2.75) is 12.5 Å². The maximum Gasteiger partial charge on any atom is 0.254 e. The van der Waals surface area contributed by atoms with E-state index in [1.807, 2.05) is 41.3 Å². The Morgan fingerprint density at radius 2 is 2.00 bits per heavy atom. The van der Waals surface area contributed by atoms with Crippen LogP contribution in [0.4, 0.5) is 0 Å². The monoisotopic (exact) mass is 389 g/mol. The summed E-state index contributed by atoms with van der Waals surface area (Å²) in [7, 11) is 1.62. The number of halogens is 1. The second-order valence-corrected chi connectivity index (χ2v) is 8.53. The summed E-state index contributed by atoms with van der Waals surface area (Å²) in [6.07, 6.45) is 0.885.